The van der Waals surface area contributed by atoms with Crippen LogP contribution in [0.15, 0.2) is 35.5 Å². The smallest absolute Gasteiger partial charge is 0.314 e. The molecule has 4 nitrogen and oxygen atoms in total. The van der Waals surface area contributed by atoms with E-state index in [4.69, 9.17) is 9.94 Å². The summed E-state index contributed by atoms with van der Waals surface area (Å²) in [7, 11) is 0. The Balaban J connectivity index is 2.44. The monoisotopic (exact) mass is 263 g/mol. The molecule has 1 aromatic rings. The summed E-state index contributed by atoms with van der Waals surface area (Å²) >= 11 is 0. The van der Waals surface area contributed by atoms with Crippen LogP contribution in [0.1, 0.15) is 32.3 Å². The third-order valence-electron chi connectivity index (χ3n) is 2.72. The molecule has 0 aliphatic heterocycles. The van der Waals surface area contributed by atoms with Gasteiger partial charge in [0.15, 0.2) is 0 Å². The van der Waals surface area contributed by atoms with Crippen LogP contribution in [0.4, 0.5) is 0 Å². The highest BCUT2D eigenvalue weighted by Gasteiger charge is 2.19. The summed E-state index contributed by atoms with van der Waals surface area (Å²) in [6.07, 6.45) is 3.44. The molecule has 1 N–H and O–H groups in total. The molecule has 104 valence electrons. The van der Waals surface area contributed by atoms with E-state index < -0.39 is 5.92 Å². The Labute approximate surface area is 114 Å². The number of oxime groups is 1. The molecular weight excluding hydrogens is 242 g/mol. The van der Waals surface area contributed by atoms with Crippen molar-refractivity contribution < 1.29 is 14.7 Å². The van der Waals surface area contributed by atoms with Gasteiger partial charge in [-0.3, -0.25) is 4.79 Å². The molecule has 0 amide bonds. The predicted octanol–water partition coefficient (Wildman–Crippen LogP) is 3.04. The van der Waals surface area contributed by atoms with Crippen molar-refractivity contribution in [2.75, 3.05) is 0 Å². The largest absolute Gasteiger partial charge is 0.462 e. The average molecular weight is 263 g/mol. The minimum absolute atomic E-state index is 0.156. The van der Waals surface area contributed by atoms with E-state index in [1.165, 1.54) is 11.8 Å². The second kappa shape index (κ2) is 8.29. The van der Waals surface area contributed by atoms with Crippen LogP contribution < -0.4 is 0 Å². The SMILES string of the molecule is CC(C)OC(=O)C(/C=N\O)CCCc1ccccc1. The fraction of sp³-hybridized carbons (Fsp3) is 0.467. The fourth-order valence-electron chi connectivity index (χ4n) is 1.82. The molecule has 1 aromatic carbocycles. The van der Waals surface area contributed by atoms with E-state index in [9.17, 15) is 4.79 Å². The first-order chi connectivity index (χ1) is 9.13. The van der Waals surface area contributed by atoms with Crippen molar-refractivity contribution in [3.63, 3.8) is 0 Å². The van der Waals surface area contributed by atoms with E-state index in [2.05, 4.69) is 17.3 Å². The molecule has 0 saturated heterocycles. The van der Waals surface area contributed by atoms with Gasteiger partial charge in [0.05, 0.1) is 18.2 Å². The van der Waals surface area contributed by atoms with Gasteiger partial charge < -0.3 is 9.94 Å². The molecule has 4 heteroatoms. The standard InChI is InChI=1S/C15H21NO3/c1-12(2)19-15(17)14(11-16-18)10-6-9-13-7-4-3-5-8-13/h3-5,7-8,11-12,14,18H,6,9-10H2,1-2H3/b16-11-. The van der Waals surface area contributed by atoms with Gasteiger partial charge in [-0.15, -0.1) is 5.16 Å². The Bertz CT molecular complexity index is 401. The highest BCUT2D eigenvalue weighted by molar-refractivity contribution is 5.89. The van der Waals surface area contributed by atoms with E-state index in [1.54, 1.807) is 13.8 Å². The first kappa shape index (κ1) is 15.2. The van der Waals surface area contributed by atoms with Crippen molar-refractivity contribution in [3.8, 4) is 0 Å². The van der Waals surface area contributed by atoms with Crippen LogP contribution in [0, 0.1) is 5.92 Å². The molecule has 1 atom stereocenters. The number of hydrogen-bond donors (Lipinski definition) is 1. The molecule has 1 rings (SSSR count). The van der Waals surface area contributed by atoms with E-state index in [0.29, 0.717) is 6.42 Å². The summed E-state index contributed by atoms with van der Waals surface area (Å²) < 4.78 is 5.13. The van der Waals surface area contributed by atoms with Gasteiger partial charge in [-0.2, -0.15) is 0 Å². The second-order valence-electron chi connectivity index (χ2n) is 4.73. The van der Waals surface area contributed by atoms with Crippen molar-refractivity contribution in [2.45, 2.75) is 39.2 Å². The summed E-state index contributed by atoms with van der Waals surface area (Å²) in [6, 6.07) is 10.1. The van der Waals surface area contributed by atoms with Crippen LogP contribution >= 0.6 is 0 Å². The number of nitrogens with zero attached hydrogens (tertiary/aromatic N) is 1. The quantitative estimate of drug-likeness (QED) is 0.356. The van der Waals surface area contributed by atoms with Gasteiger partial charge in [-0.1, -0.05) is 30.3 Å². The van der Waals surface area contributed by atoms with Gasteiger partial charge in [0.1, 0.15) is 0 Å². The van der Waals surface area contributed by atoms with Gasteiger partial charge in [-0.05, 0) is 38.7 Å². The maximum Gasteiger partial charge on any atom is 0.314 e. The maximum atomic E-state index is 11.8. The molecule has 0 radical (unpaired) electrons. The number of aryl methyl sites for hydroxylation is 1. The number of rotatable bonds is 7. The number of carbonyl (C=O) groups excluding carboxylic acids is 1. The number of hydrogen-bond acceptors (Lipinski definition) is 4. The molecule has 19 heavy (non-hydrogen) atoms. The molecule has 0 saturated carbocycles. The summed E-state index contributed by atoms with van der Waals surface area (Å²) in [5.74, 6) is -0.808. The molecular formula is C15H21NO3. The van der Waals surface area contributed by atoms with E-state index in [-0.39, 0.29) is 12.1 Å². The van der Waals surface area contributed by atoms with Crippen LogP contribution in [-0.2, 0) is 16.0 Å². The van der Waals surface area contributed by atoms with Crippen molar-refractivity contribution in [3.05, 3.63) is 35.9 Å². The summed E-state index contributed by atoms with van der Waals surface area (Å²) in [5, 5.41) is 11.6. The van der Waals surface area contributed by atoms with Crippen molar-refractivity contribution in [1.29, 1.82) is 0 Å². The predicted molar refractivity (Wildman–Crippen MR) is 74.4 cm³/mol. The van der Waals surface area contributed by atoms with Gasteiger partial charge in [0.25, 0.3) is 0 Å². The maximum absolute atomic E-state index is 11.8. The van der Waals surface area contributed by atoms with Crippen molar-refractivity contribution in [1.82, 2.24) is 0 Å². The second-order valence-corrected chi connectivity index (χ2v) is 4.73. The number of benzene rings is 1. The molecule has 1 unspecified atom stereocenters. The highest BCUT2D eigenvalue weighted by atomic mass is 16.5. The lowest BCUT2D eigenvalue weighted by Crippen LogP contribution is -2.22. The first-order valence-corrected chi connectivity index (χ1v) is 6.55. The highest BCUT2D eigenvalue weighted by Crippen LogP contribution is 2.12. The van der Waals surface area contributed by atoms with Crippen molar-refractivity contribution >= 4 is 12.2 Å². The topological polar surface area (TPSA) is 58.9 Å². The Morgan fingerprint density at radius 3 is 2.63 bits per heavy atom. The minimum atomic E-state index is -0.476. The number of carbonyl (C=O) groups is 1. The van der Waals surface area contributed by atoms with Gasteiger partial charge in [0.2, 0.25) is 0 Å². The molecule has 0 spiro atoms. The average Bonchev–Trinajstić information content (AvgIpc) is 2.38. The summed E-state index contributed by atoms with van der Waals surface area (Å²) in [4.78, 5) is 11.8. The fourth-order valence-corrected chi connectivity index (χ4v) is 1.82. The Morgan fingerprint density at radius 1 is 1.37 bits per heavy atom. The molecule has 0 aliphatic rings. The lowest BCUT2D eigenvalue weighted by atomic mass is 10.0. The Hall–Kier alpha value is -1.84. The molecule has 0 bridgehead atoms. The first-order valence-electron chi connectivity index (χ1n) is 6.55. The summed E-state index contributed by atoms with van der Waals surface area (Å²) in [6.45, 7) is 3.60. The molecule has 0 fully saturated rings. The van der Waals surface area contributed by atoms with Gasteiger partial charge in [0, 0.05) is 0 Å². The minimum Gasteiger partial charge on any atom is -0.462 e. The van der Waals surface area contributed by atoms with Gasteiger partial charge in [-0.25, -0.2) is 0 Å². The lowest BCUT2D eigenvalue weighted by molar-refractivity contribution is -0.150. The van der Waals surface area contributed by atoms with E-state index in [0.717, 1.165) is 12.8 Å². The number of ether oxygens (including phenoxy) is 1. The van der Waals surface area contributed by atoms with Gasteiger partial charge >= 0.3 is 5.97 Å². The Morgan fingerprint density at radius 2 is 2.05 bits per heavy atom. The third-order valence-corrected chi connectivity index (χ3v) is 2.72. The van der Waals surface area contributed by atoms with Crippen LogP contribution in [0.5, 0.6) is 0 Å². The van der Waals surface area contributed by atoms with Crippen LogP contribution in [0.25, 0.3) is 0 Å². The normalized spacial score (nSPS) is 12.8. The van der Waals surface area contributed by atoms with Crippen LogP contribution in [0.2, 0.25) is 0 Å². The van der Waals surface area contributed by atoms with Crippen molar-refractivity contribution in [2.24, 2.45) is 11.1 Å². The molecule has 0 aliphatic carbocycles. The zero-order chi connectivity index (χ0) is 14.1. The number of esters is 1. The van der Waals surface area contributed by atoms with Crippen LogP contribution in [0.3, 0.4) is 0 Å². The lowest BCUT2D eigenvalue weighted by Gasteiger charge is -2.13. The molecule has 0 heterocycles. The van der Waals surface area contributed by atoms with E-state index >= 15 is 0 Å². The zero-order valence-corrected chi connectivity index (χ0v) is 11.5. The zero-order valence-electron chi connectivity index (χ0n) is 11.5. The Kier molecular flexibility index (Phi) is 6.64. The third kappa shape index (κ3) is 6.04. The van der Waals surface area contributed by atoms with E-state index in [1.807, 2.05) is 18.2 Å². The molecule has 0 aromatic heterocycles. The summed E-state index contributed by atoms with van der Waals surface area (Å²) in [5.41, 5.74) is 1.24. The van der Waals surface area contributed by atoms with Crippen LogP contribution in [-0.4, -0.2) is 23.5 Å².